The summed E-state index contributed by atoms with van der Waals surface area (Å²) in [7, 11) is 3.03. The first-order valence-corrected chi connectivity index (χ1v) is 7.46. The van der Waals surface area contributed by atoms with Gasteiger partial charge in [0.2, 0.25) is 5.91 Å². The Balaban J connectivity index is 1.80. The van der Waals surface area contributed by atoms with Crippen LogP contribution in [-0.2, 0) is 14.3 Å². The zero-order valence-electron chi connectivity index (χ0n) is 12.9. The van der Waals surface area contributed by atoms with Gasteiger partial charge in [-0.1, -0.05) is 0 Å². The van der Waals surface area contributed by atoms with Crippen LogP contribution in [0.25, 0.3) is 0 Å². The highest BCUT2D eigenvalue weighted by molar-refractivity contribution is 5.97. The standard InChI is InChI=1S/C16H19NO6/c1-21-8-3-4-9(12(7-8)22-2)17-15(18)13-10-5-6-11(23-10)14(13)16(19)20/h3-4,7,10-11,13-14H,5-6H2,1-2H3,(H,17,18)(H,19,20)/t10-,11-,13-,14-/m0/s1. The number of rotatable bonds is 5. The Morgan fingerprint density at radius 1 is 1.17 bits per heavy atom. The molecule has 7 heteroatoms. The van der Waals surface area contributed by atoms with Crippen molar-refractivity contribution in [3.8, 4) is 11.5 Å². The molecule has 4 atom stereocenters. The zero-order valence-corrected chi connectivity index (χ0v) is 12.9. The number of hydrogen-bond donors (Lipinski definition) is 2. The summed E-state index contributed by atoms with van der Waals surface area (Å²) in [6, 6.07) is 5.02. The third kappa shape index (κ3) is 2.72. The topological polar surface area (TPSA) is 94.1 Å². The molecule has 2 aliphatic rings. The molecule has 2 fully saturated rings. The van der Waals surface area contributed by atoms with Crippen molar-refractivity contribution < 1.29 is 28.9 Å². The maximum absolute atomic E-state index is 12.6. The lowest BCUT2D eigenvalue weighted by atomic mass is 9.78. The van der Waals surface area contributed by atoms with E-state index in [1.165, 1.54) is 14.2 Å². The Kier molecular flexibility index (Phi) is 4.12. The van der Waals surface area contributed by atoms with Crippen LogP contribution in [-0.4, -0.2) is 43.4 Å². The van der Waals surface area contributed by atoms with Crippen LogP contribution in [0.15, 0.2) is 18.2 Å². The molecule has 0 saturated carbocycles. The number of carboxylic acids is 1. The van der Waals surface area contributed by atoms with Gasteiger partial charge in [-0.3, -0.25) is 9.59 Å². The largest absolute Gasteiger partial charge is 0.497 e. The maximum Gasteiger partial charge on any atom is 0.310 e. The molecular formula is C16H19NO6. The van der Waals surface area contributed by atoms with Gasteiger partial charge in [0.05, 0.1) is 44.0 Å². The van der Waals surface area contributed by atoms with Gasteiger partial charge in [0.25, 0.3) is 0 Å². The molecule has 0 aromatic heterocycles. The van der Waals surface area contributed by atoms with Gasteiger partial charge in [0, 0.05) is 6.07 Å². The normalized spacial score (nSPS) is 28.4. The summed E-state index contributed by atoms with van der Waals surface area (Å²) in [5, 5.41) is 12.2. The third-order valence-corrected chi connectivity index (χ3v) is 4.53. The number of carbonyl (C=O) groups is 2. The van der Waals surface area contributed by atoms with E-state index in [4.69, 9.17) is 14.2 Å². The van der Waals surface area contributed by atoms with Crippen LogP contribution < -0.4 is 14.8 Å². The van der Waals surface area contributed by atoms with Gasteiger partial charge in [0.15, 0.2) is 0 Å². The molecule has 0 aliphatic carbocycles. The van der Waals surface area contributed by atoms with Crippen LogP contribution in [0.2, 0.25) is 0 Å². The Morgan fingerprint density at radius 3 is 2.48 bits per heavy atom. The van der Waals surface area contributed by atoms with E-state index < -0.39 is 17.8 Å². The molecule has 2 N–H and O–H groups in total. The molecule has 1 aromatic rings. The first-order chi connectivity index (χ1) is 11.0. The van der Waals surface area contributed by atoms with Crippen LogP contribution in [0.4, 0.5) is 5.69 Å². The van der Waals surface area contributed by atoms with E-state index in [0.29, 0.717) is 30.0 Å². The number of anilines is 1. The average Bonchev–Trinajstić information content (AvgIpc) is 3.16. The number of carboxylic acid groups (broad SMARTS) is 1. The van der Waals surface area contributed by atoms with Crippen LogP contribution in [0.1, 0.15) is 12.8 Å². The van der Waals surface area contributed by atoms with E-state index in [1.54, 1.807) is 18.2 Å². The molecule has 7 nitrogen and oxygen atoms in total. The summed E-state index contributed by atoms with van der Waals surface area (Å²) in [6.07, 6.45) is 0.708. The summed E-state index contributed by atoms with van der Waals surface area (Å²) in [4.78, 5) is 24.1. The van der Waals surface area contributed by atoms with Crippen molar-refractivity contribution in [1.82, 2.24) is 0 Å². The van der Waals surface area contributed by atoms with E-state index in [0.717, 1.165) is 0 Å². The monoisotopic (exact) mass is 321 g/mol. The molecule has 0 radical (unpaired) electrons. The molecular weight excluding hydrogens is 302 g/mol. The zero-order chi connectivity index (χ0) is 16.6. The van der Waals surface area contributed by atoms with E-state index in [-0.39, 0.29) is 18.1 Å². The molecule has 2 aliphatic heterocycles. The summed E-state index contributed by atoms with van der Waals surface area (Å²) in [5.41, 5.74) is 0.477. The maximum atomic E-state index is 12.6. The SMILES string of the molecule is COc1ccc(NC(=O)[C@@H]2[C@@H](C(=O)O)[C@@H]3CC[C@@H]2O3)c(OC)c1. The third-order valence-electron chi connectivity index (χ3n) is 4.53. The van der Waals surface area contributed by atoms with Crippen LogP contribution in [0.5, 0.6) is 11.5 Å². The van der Waals surface area contributed by atoms with Crippen molar-refractivity contribution in [3.05, 3.63) is 18.2 Å². The molecule has 0 spiro atoms. The van der Waals surface area contributed by atoms with E-state index in [1.807, 2.05) is 0 Å². The summed E-state index contributed by atoms with van der Waals surface area (Å²) < 4.78 is 16.0. The number of methoxy groups -OCH3 is 2. The number of nitrogens with one attached hydrogen (secondary N) is 1. The predicted octanol–water partition coefficient (Wildman–Crippen LogP) is 1.52. The minimum atomic E-state index is -0.987. The number of aliphatic carboxylic acids is 1. The number of amides is 1. The lowest BCUT2D eigenvalue weighted by Gasteiger charge is -2.24. The van der Waals surface area contributed by atoms with Crippen LogP contribution in [0, 0.1) is 11.8 Å². The highest BCUT2D eigenvalue weighted by Gasteiger charge is 2.55. The van der Waals surface area contributed by atoms with Crippen molar-refractivity contribution in [2.75, 3.05) is 19.5 Å². The van der Waals surface area contributed by atoms with E-state index >= 15 is 0 Å². The van der Waals surface area contributed by atoms with Crippen LogP contribution in [0.3, 0.4) is 0 Å². The fourth-order valence-electron chi connectivity index (χ4n) is 3.44. The van der Waals surface area contributed by atoms with Gasteiger partial charge in [-0.15, -0.1) is 0 Å². The predicted molar refractivity (Wildman–Crippen MR) is 80.7 cm³/mol. The molecule has 124 valence electrons. The van der Waals surface area contributed by atoms with Crippen LogP contribution >= 0.6 is 0 Å². The first kappa shape index (κ1) is 15.6. The Morgan fingerprint density at radius 2 is 1.87 bits per heavy atom. The lowest BCUT2D eigenvalue weighted by molar-refractivity contribution is -0.147. The number of fused-ring (bicyclic) bond motifs is 2. The first-order valence-electron chi connectivity index (χ1n) is 7.46. The fourth-order valence-corrected chi connectivity index (χ4v) is 3.44. The van der Waals surface area contributed by atoms with Crippen molar-refractivity contribution in [2.45, 2.75) is 25.0 Å². The molecule has 23 heavy (non-hydrogen) atoms. The summed E-state index contributed by atoms with van der Waals surface area (Å²) in [6.45, 7) is 0. The quantitative estimate of drug-likeness (QED) is 0.854. The number of ether oxygens (including phenoxy) is 3. The highest BCUT2D eigenvalue weighted by Crippen LogP contribution is 2.44. The van der Waals surface area contributed by atoms with Crippen molar-refractivity contribution in [3.63, 3.8) is 0 Å². The Hall–Kier alpha value is -2.28. The minimum absolute atomic E-state index is 0.328. The van der Waals surface area contributed by atoms with Gasteiger partial charge in [0.1, 0.15) is 11.5 Å². The van der Waals surface area contributed by atoms with Gasteiger partial charge < -0.3 is 24.6 Å². The van der Waals surface area contributed by atoms with Gasteiger partial charge in [-0.25, -0.2) is 0 Å². The van der Waals surface area contributed by atoms with Crippen molar-refractivity contribution in [1.29, 1.82) is 0 Å². The van der Waals surface area contributed by atoms with E-state index in [9.17, 15) is 14.7 Å². The van der Waals surface area contributed by atoms with Gasteiger partial charge >= 0.3 is 5.97 Å². The Labute approximate surface area is 133 Å². The van der Waals surface area contributed by atoms with Crippen molar-refractivity contribution >= 4 is 17.6 Å². The molecule has 2 saturated heterocycles. The molecule has 1 aromatic carbocycles. The van der Waals surface area contributed by atoms with Gasteiger partial charge in [-0.05, 0) is 25.0 Å². The second-order valence-corrected chi connectivity index (χ2v) is 5.74. The lowest BCUT2D eigenvalue weighted by Crippen LogP contribution is -2.41. The smallest absolute Gasteiger partial charge is 0.310 e. The molecule has 0 unspecified atom stereocenters. The Bertz CT molecular complexity index is 631. The average molecular weight is 321 g/mol. The summed E-state index contributed by atoms with van der Waals surface area (Å²) in [5.74, 6) is -1.76. The molecule has 2 bridgehead atoms. The minimum Gasteiger partial charge on any atom is -0.497 e. The van der Waals surface area contributed by atoms with Crippen molar-refractivity contribution in [2.24, 2.45) is 11.8 Å². The second-order valence-electron chi connectivity index (χ2n) is 5.74. The molecule has 2 heterocycles. The fraction of sp³-hybridized carbons (Fsp3) is 0.500. The summed E-state index contributed by atoms with van der Waals surface area (Å²) >= 11 is 0. The molecule has 1 amide bonds. The highest BCUT2D eigenvalue weighted by atomic mass is 16.5. The molecule has 3 rings (SSSR count). The number of benzene rings is 1. The van der Waals surface area contributed by atoms with Gasteiger partial charge in [-0.2, -0.15) is 0 Å². The number of hydrogen-bond acceptors (Lipinski definition) is 5. The second kappa shape index (κ2) is 6.08. The van der Waals surface area contributed by atoms with E-state index in [2.05, 4.69) is 5.32 Å². The number of carbonyl (C=O) groups excluding carboxylic acids is 1.